The van der Waals surface area contributed by atoms with E-state index >= 15 is 0 Å². The molecule has 0 unspecified atom stereocenters. The number of benzene rings is 2. The molecule has 0 atom stereocenters. The molecule has 1 amide bonds. The van der Waals surface area contributed by atoms with Crippen LogP contribution in [0.15, 0.2) is 64.8 Å². The highest BCUT2D eigenvalue weighted by atomic mass is 32.2. The SMILES string of the molecule is C/C(=N\N=C1/SCC(=O)N1c1ccc(C)cc1)c1c(C)[nH]c(=S)n1-c1ccccc1. The van der Waals surface area contributed by atoms with Gasteiger partial charge in [-0.15, -0.1) is 5.10 Å². The first kappa shape index (κ1) is 20.3. The number of amidine groups is 1. The van der Waals surface area contributed by atoms with Gasteiger partial charge in [-0.3, -0.25) is 14.3 Å². The maximum absolute atomic E-state index is 12.4. The fourth-order valence-electron chi connectivity index (χ4n) is 3.35. The topological polar surface area (TPSA) is 65.8 Å². The summed E-state index contributed by atoms with van der Waals surface area (Å²) in [5, 5.41) is 9.46. The third-order valence-corrected chi connectivity index (χ3v) is 5.97. The van der Waals surface area contributed by atoms with Crippen LogP contribution < -0.4 is 4.90 Å². The van der Waals surface area contributed by atoms with Crippen molar-refractivity contribution in [1.82, 2.24) is 9.55 Å². The zero-order chi connectivity index (χ0) is 21.3. The first-order valence-electron chi connectivity index (χ1n) is 9.48. The van der Waals surface area contributed by atoms with Gasteiger partial charge >= 0.3 is 0 Å². The molecular formula is C22H21N5OS2. The number of nitrogens with one attached hydrogen (secondary N) is 1. The quantitative estimate of drug-likeness (QED) is 0.356. The van der Waals surface area contributed by atoms with Gasteiger partial charge in [-0.1, -0.05) is 47.7 Å². The molecule has 1 aromatic heterocycles. The van der Waals surface area contributed by atoms with E-state index in [0.29, 0.717) is 21.4 Å². The Morgan fingerprint density at radius 2 is 1.77 bits per heavy atom. The summed E-state index contributed by atoms with van der Waals surface area (Å²) in [6.07, 6.45) is 0. The van der Waals surface area contributed by atoms with Gasteiger partial charge in [-0.05, 0) is 57.3 Å². The van der Waals surface area contributed by atoms with Crippen LogP contribution in [-0.2, 0) is 4.79 Å². The van der Waals surface area contributed by atoms with Gasteiger partial charge in [-0.2, -0.15) is 5.10 Å². The van der Waals surface area contributed by atoms with Crippen LogP contribution in [0.4, 0.5) is 5.69 Å². The average Bonchev–Trinajstić information content (AvgIpc) is 3.26. The van der Waals surface area contributed by atoms with E-state index < -0.39 is 0 Å². The first-order chi connectivity index (χ1) is 14.5. The highest BCUT2D eigenvalue weighted by Gasteiger charge is 2.30. The van der Waals surface area contributed by atoms with E-state index in [1.807, 2.05) is 79.9 Å². The number of rotatable bonds is 4. The summed E-state index contributed by atoms with van der Waals surface area (Å²) in [5.41, 5.74) is 5.38. The Kier molecular flexibility index (Phi) is 5.69. The normalized spacial score (nSPS) is 16.0. The molecule has 0 aliphatic carbocycles. The number of para-hydroxylation sites is 1. The lowest BCUT2D eigenvalue weighted by molar-refractivity contribution is -0.115. The van der Waals surface area contributed by atoms with Crippen molar-refractivity contribution in [2.45, 2.75) is 20.8 Å². The number of aromatic amines is 1. The zero-order valence-electron chi connectivity index (χ0n) is 16.9. The number of carbonyl (C=O) groups is 1. The van der Waals surface area contributed by atoms with Crippen molar-refractivity contribution in [3.05, 3.63) is 76.3 Å². The molecule has 30 heavy (non-hydrogen) atoms. The molecular weight excluding hydrogens is 414 g/mol. The molecule has 0 radical (unpaired) electrons. The Labute approximate surface area is 184 Å². The molecule has 1 N–H and O–H groups in total. The Hall–Kier alpha value is -2.97. The van der Waals surface area contributed by atoms with Gasteiger partial charge in [-0.25, -0.2) is 0 Å². The van der Waals surface area contributed by atoms with E-state index in [1.54, 1.807) is 4.90 Å². The summed E-state index contributed by atoms with van der Waals surface area (Å²) in [5.74, 6) is 0.352. The molecule has 2 aromatic carbocycles. The second-order valence-corrected chi connectivity index (χ2v) is 8.33. The van der Waals surface area contributed by atoms with E-state index in [4.69, 9.17) is 12.2 Å². The van der Waals surface area contributed by atoms with Crippen LogP contribution >= 0.6 is 24.0 Å². The molecule has 152 valence electrons. The van der Waals surface area contributed by atoms with Crippen LogP contribution in [0.25, 0.3) is 5.69 Å². The number of H-pyrrole nitrogens is 1. The van der Waals surface area contributed by atoms with Crippen LogP contribution in [0, 0.1) is 18.6 Å². The summed E-state index contributed by atoms with van der Waals surface area (Å²) in [6, 6.07) is 17.7. The Bertz CT molecular complexity index is 1210. The lowest BCUT2D eigenvalue weighted by Gasteiger charge is -2.15. The van der Waals surface area contributed by atoms with Gasteiger partial charge in [0.25, 0.3) is 0 Å². The van der Waals surface area contributed by atoms with Crippen molar-refractivity contribution in [2.75, 3.05) is 10.7 Å². The highest BCUT2D eigenvalue weighted by molar-refractivity contribution is 8.15. The monoisotopic (exact) mass is 435 g/mol. The van der Waals surface area contributed by atoms with Gasteiger partial charge in [0.1, 0.15) is 0 Å². The number of aromatic nitrogens is 2. The van der Waals surface area contributed by atoms with Crippen LogP contribution in [0.5, 0.6) is 0 Å². The predicted octanol–water partition coefficient (Wildman–Crippen LogP) is 5.01. The second kappa shape index (κ2) is 8.41. The van der Waals surface area contributed by atoms with Gasteiger partial charge in [0.05, 0.1) is 22.8 Å². The summed E-state index contributed by atoms with van der Waals surface area (Å²) < 4.78 is 2.55. The maximum atomic E-state index is 12.4. The number of aryl methyl sites for hydroxylation is 2. The van der Waals surface area contributed by atoms with Crippen LogP contribution in [0.2, 0.25) is 0 Å². The Balaban J connectivity index is 1.72. The van der Waals surface area contributed by atoms with E-state index in [-0.39, 0.29) is 5.91 Å². The van der Waals surface area contributed by atoms with Gasteiger partial charge in [0.15, 0.2) is 9.94 Å². The van der Waals surface area contributed by atoms with Gasteiger partial charge in [0, 0.05) is 11.4 Å². The van der Waals surface area contributed by atoms with Crippen molar-refractivity contribution in [3.8, 4) is 5.69 Å². The van der Waals surface area contributed by atoms with Crippen LogP contribution in [-0.4, -0.2) is 32.1 Å². The van der Waals surface area contributed by atoms with Crippen molar-refractivity contribution in [3.63, 3.8) is 0 Å². The molecule has 2 heterocycles. The van der Waals surface area contributed by atoms with Crippen molar-refractivity contribution >= 4 is 46.5 Å². The number of amides is 1. The summed E-state index contributed by atoms with van der Waals surface area (Å²) in [7, 11) is 0. The van der Waals surface area contributed by atoms with Crippen molar-refractivity contribution in [2.24, 2.45) is 10.2 Å². The minimum atomic E-state index is 0.000440. The molecule has 1 aliphatic rings. The Morgan fingerprint density at radius 1 is 1.07 bits per heavy atom. The highest BCUT2D eigenvalue weighted by Crippen LogP contribution is 2.27. The molecule has 4 rings (SSSR count). The van der Waals surface area contributed by atoms with Crippen LogP contribution in [0.3, 0.4) is 0 Å². The lowest BCUT2D eigenvalue weighted by atomic mass is 10.2. The third kappa shape index (κ3) is 3.88. The number of thioether (sulfide) groups is 1. The van der Waals surface area contributed by atoms with Gasteiger partial charge < -0.3 is 4.98 Å². The first-order valence-corrected chi connectivity index (χ1v) is 10.9. The summed E-state index contributed by atoms with van der Waals surface area (Å²) in [6.45, 7) is 5.87. The largest absolute Gasteiger partial charge is 0.334 e. The number of anilines is 1. The third-order valence-electron chi connectivity index (χ3n) is 4.78. The molecule has 0 spiro atoms. The molecule has 1 saturated heterocycles. The molecule has 6 nitrogen and oxygen atoms in total. The van der Waals surface area contributed by atoms with E-state index in [9.17, 15) is 4.79 Å². The van der Waals surface area contributed by atoms with Crippen molar-refractivity contribution < 1.29 is 4.79 Å². The molecule has 1 aliphatic heterocycles. The fraction of sp³-hybridized carbons (Fsp3) is 0.182. The minimum Gasteiger partial charge on any atom is -0.334 e. The summed E-state index contributed by atoms with van der Waals surface area (Å²) >= 11 is 6.91. The van der Waals surface area contributed by atoms with Crippen molar-refractivity contribution in [1.29, 1.82) is 0 Å². The lowest BCUT2D eigenvalue weighted by Crippen LogP contribution is -2.29. The Morgan fingerprint density at radius 3 is 2.47 bits per heavy atom. The molecule has 3 aromatic rings. The second-order valence-electron chi connectivity index (χ2n) is 7.00. The molecule has 8 heteroatoms. The molecule has 0 bridgehead atoms. The van der Waals surface area contributed by atoms with E-state index in [1.165, 1.54) is 11.8 Å². The number of carbonyl (C=O) groups excluding carboxylic acids is 1. The fourth-order valence-corrected chi connectivity index (χ4v) is 4.52. The summed E-state index contributed by atoms with van der Waals surface area (Å²) in [4.78, 5) is 17.3. The number of imidazole rings is 1. The minimum absolute atomic E-state index is 0.000440. The zero-order valence-corrected chi connectivity index (χ0v) is 18.5. The van der Waals surface area contributed by atoms with E-state index in [0.717, 1.165) is 28.3 Å². The van der Waals surface area contributed by atoms with Gasteiger partial charge in [0.2, 0.25) is 5.91 Å². The number of nitrogens with zero attached hydrogens (tertiary/aromatic N) is 4. The molecule has 1 fully saturated rings. The molecule has 0 saturated carbocycles. The standard InChI is InChI=1S/C22H21N5OS2/c1-14-9-11-18(12-10-14)26-19(28)13-30-22(26)25-24-16(3)20-15(2)23-21(29)27(20)17-7-5-4-6-8-17/h4-12H,13H2,1-3H3,(H,23,29)/b24-16+,25-22-. The predicted molar refractivity (Wildman–Crippen MR) is 126 cm³/mol. The van der Waals surface area contributed by atoms with E-state index in [2.05, 4.69) is 15.2 Å². The maximum Gasteiger partial charge on any atom is 0.243 e. The smallest absolute Gasteiger partial charge is 0.243 e. The number of hydrogen-bond acceptors (Lipinski definition) is 5. The van der Waals surface area contributed by atoms with Crippen LogP contribution in [0.1, 0.15) is 23.9 Å². The number of hydrogen-bond donors (Lipinski definition) is 1. The average molecular weight is 436 g/mol.